The highest BCUT2D eigenvalue weighted by atomic mass is 16.5. The lowest BCUT2D eigenvalue weighted by atomic mass is 9.91. The lowest BCUT2D eigenvalue weighted by Gasteiger charge is -2.41. The van der Waals surface area contributed by atoms with Crippen LogP contribution < -0.4 is 5.73 Å². The summed E-state index contributed by atoms with van der Waals surface area (Å²) in [5.41, 5.74) is 5.97. The maximum atomic E-state index is 5.97. The molecule has 0 spiro atoms. The highest BCUT2D eigenvalue weighted by molar-refractivity contribution is 4.85. The fourth-order valence-corrected chi connectivity index (χ4v) is 3.15. The van der Waals surface area contributed by atoms with Gasteiger partial charge in [-0.3, -0.25) is 4.90 Å². The van der Waals surface area contributed by atoms with Crippen molar-refractivity contribution in [3.8, 4) is 0 Å². The summed E-state index contributed by atoms with van der Waals surface area (Å²) in [7, 11) is 1.82. The van der Waals surface area contributed by atoms with Gasteiger partial charge in [-0.2, -0.15) is 0 Å². The molecule has 0 saturated carbocycles. The van der Waals surface area contributed by atoms with Gasteiger partial charge in [0, 0.05) is 39.4 Å². The van der Waals surface area contributed by atoms with Crippen LogP contribution in [0.1, 0.15) is 25.7 Å². The predicted octanol–water partition coefficient (Wildman–Crippen LogP) is 0.851. The number of nitrogens with two attached hydrogens (primary N) is 1. The fourth-order valence-electron chi connectivity index (χ4n) is 3.15. The standard InChI is InChI=1S/C13H26N2O2/c1-16-12-4-6-15(7-5-12)13(9-14)11-3-2-8-17-10-11/h11-13H,2-10,14H2,1H3. The monoisotopic (exact) mass is 242 g/mol. The lowest BCUT2D eigenvalue weighted by molar-refractivity contribution is -0.0164. The number of hydrogen-bond donors (Lipinski definition) is 1. The number of ether oxygens (including phenoxy) is 2. The molecule has 2 atom stereocenters. The third-order valence-electron chi connectivity index (χ3n) is 4.26. The molecule has 0 aromatic heterocycles. The second kappa shape index (κ2) is 6.69. The van der Waals surface area contributed by atoms with E-state index in [9.17, 15) is 0 Å². The Balaban J connectivity index is 1.85. The Bertz CT molecular complexity index is 211. The van der Waals surface area contributed by atoms with Crippen LogP contribution in [0.15, 0.2) is 0 Å². The molecule has 4 heteroatoms. The predicted molar refractivity (Wildman–Crippen MR) is 68.0 cm³/mol. The van der Waals surface area contributed by atoms with Gasteiger partial charge in [-0.1, -0.05) is 0 Å². The van der Waals surface area contributed by atoms with E-state index in [1.54, 1.807) is 0 Å². The first-order valence-corrected chi connectivity index (χ1v) is 6.89. The first-order chi connectivity index (χ1) is 8.35. The maximum Gasteiger partial charge on any atom is 0.0595 e. The topological polar surface area (TPSA) is 47.7 Å². The zero-order valence-electron chi connectivity index (χ0n) is 10.9. The summed E-state index contributed by atoms with van der Waals surface area (Å²) in [5.74, 6) is 0.632. The Kier molecular flexibility index (Phi) is 5.22. The minimum absolute atomic E-state index is 0.451. The van der Waals surface area contributed by atoms with Crippen LogP contribution in [-0.4, -0.2) is 57.0 Å². The largest absolute Gasteiger partial charge is 0.381 e. The number of piperidine rings is 1. The van der Waals surface area contributed by atoms with Crippen LogP contribution in [0.2, 0.25) is 0 Å². The van der Waals surface area contributed by atoms with Gasteiger partial charge < -0.3 is 15.2 Å². The molecule has 100 valence electrons. The lowest BCUT2D eigenvalue weighted by Crippen LogP contribution is -2.51. The molecular formula is C13H26N2O2. The molecular weight excluding hydrogens is 216 g/mol. The zero-order valence-corrected chi connectivity index (χ0v) is 10.9. The third kappa shape index (κ3) is 3.41. The van der Waals surface area contributed by atoms with E-state index < -0.39 is 0 Å². The van der Waals surface area contributed by atoms with Gasteiger partial charge in [-0.25, -0.2) is 0 Å². The van der Waals surface area contributed by atoms with Crippen LogP contribution in [0, 0.1) is 5.92 Å². The van der Waals surface area contributed by atoms with Crippen LogP contribution in [0.4, 0.5) is 0 Å². The van der Waals surface area contributed by atoms with Gasteiger partial charge in [0.05, 0.1) is 12.7 Å². The van der Waals surface area contributed by atoms with E-state index in [2.05, 4.69) is 4.90 Å². The van der Waals surface area contributed by atoms with Crippen LogP contribution in [0.25, 0.3) is 0 Å². The normalized spacial score (nSPS) is 30.4. The second-order valence-electron chi connectivity index (χ2n) is 5.25. The molecule has 2 aliphatic rings. The van der Waals surface area contributed by atoms with E-state index in [1.807, 2.05) is 7.11 Å². The van der Waals surface area contributed by atoms with E-state index in [1.165, 1.54) is 12.8 Å². The average Bonchev–Trinajstić information content (AvgIpc) is 2.42. The Morgan fingerprint density at radius 3 is 2.65 bits per heavy atom. The van der Waals surface area contributed by atoms with E-state index in [0.717, 1.165) is 45.7 Å². The molecule has 0 amide bonds. The Labute approximate surface area is 104 Å². The molecule has 0 radical (unpaired) electrons. The smallest absolute Gasteiger partial charge is 0.0595 e. The molecule has 17 heavy (non-hydrogen) atoms. The second-order valence-corrected chi connectivity index (χ2v) is 5.25. The fraction of sp³-hybridized carbons (Fsp3) is 1.00. The quantitative estimate of drug-likeness (QED) is 0.794. The summed E-state index contributed by atoms with van der Waals surface area (Å²) < 4.78 is 11.0. The average molecular weight is 242 g/mol. The summed E-state index contributed by atoms with van der Waals surface area (Å²) in [4.78, 5) is 2.55. The highest BCUT2D eigenvalue weighted by Crippen LogP contribution is 2.24. The van der Waals surface area contributed by atoms with Gasteiger partial charge in [-0.05, 0) is 31.6 Å². The van der Waals surface area contributed by atoms with Crippen LogP contribution in [0.5, 0.6) is 0 Å². The molecule has 2 fully saturated rings. The zero-order chi connectivity index (χ0) is 12.1. The van der Waals surface area contributed by atoms with E-state index in [-0.39, 0.29) is 0 Å². The van der Waals surface area contributed by atoms with Gasteiger partial charge in [0.2, 0.25) is 0 Å². The molecule has 0 aliphatic carbocycles. The van der Waals surface area contributed by atoms with Crippen molar-refractivity contribution in [3.63, 3.8) is 0 Å². The van der Waals surface area contributed by atoms with Gasteiger partial charge in [0.15, 0.2) is 0 Å². The van der Waals surface area contributed by atoms with Crippen molar-refractivity contribution in [1.29, 1.82) is 0 Å². The van der Waals surface area contributed by atoms with E-state index >= 15 is 0 Å². The van der Waals surface area contributed by atoms with Crippen molar-refractivity contribution >= 4 is 0 Å². The Hall–Kier alpha value is -0.160. The van der Waals surface area contributed by atoms with Crippen molar-refractivity contribution < 1.29 is 9.47 Å². The van der Waals surface area contributed by atoms with E-state index in [4.69, 9.17) is 15.2 Å². The van der Waals surface area contributed by atoms with Crippen molar-refractivity contribution in [2.24, 2.45) is 11.7 Å². The van der Waals surface area contributed by atoms with Crippen molar-refractivity contribution in [1.82, 2.24) is 4.90 Å². The number of methoxy groups -OCH3 is 1. The van der Waals surface area contributed by atoms with Crippen molar-refractivity contribution in [2.45, 2.75) is 37.8 Å². The molecule has 0 bridgehead atoms. The van der Waals surface area contributed by atoms with Gasteiger partial charge in [0.25, 0.3) is 0 Å². The van der Waals surface area contributed by atoms with Gasteiger partial charge in [-0.15, -0.1) is 0 Å². The minimum atomic E-state index is 0.451. The molecule has 2 saturated heterocycles. The number of hydrogen-bond acceptors (Lipinski definition) is 4. The summed E-state index contributed by atoms with van der Waals surface area (Å²) in [6, 6.07) is 0.508. The number of nitrogens with zero attached hydrogens (tertiary/aromatic N) is 1. The van der Waals surface area contributed by atoms with Gasteiger partial charge >= 0.3 is 0 Å². The molecule has 4 nitrogen and oxygen atoms in total. The molecule has 2 aliphatic heterocycles. The first kappa shape index (κ1) is 13.3. The minimum Gasteiger partial charge on any atom is -0.381 e. The molecule has 2 heterocycles. The highest BCUT2D eigenvalue weighted by Gasteiger charge is 2.30. The number of likely N-dealkylation sites (tertiary alicyclic amines) is 1. The maximum absolute atomic E-state index is 5.97. The molecule has 0 aromatic rings. The van der Waals surface area contributed by atoms with Crippen LogP contribution >= 0.6 is 0 Å². The van der Waals surface area contributed by atoms with Crippen LogP contribution in [-0.2, 0) is 9.47 Å². The molecule has 0 aromatic carbocycles. The molecule has 2 unspecified atom stereocenters. The first-order valence-electron chi connectivity index (χ1n) is 6.89. The van der Waals surface area contributed by atoms with Crippen LogP contribution in [0.3, 0.4) is 0 Å². The van der Waals surface area contributed by atoms with E-state index in [0.29, 0.717) is 18.1 Å². The SMILES string of the molecule is COC1CCN(C(CN)C2CCCOC2)CC1. The Morgan fingerprint density at radius 2 is 2.12 bits per heavy atom. The molecule has 2 rings (SSSR count). The summed E-state index contributed by atoms with van der Waals surface area (Å²) in [6.07, 6.45) is 5.19. The van der Waals surface area contributed by atoms with Gasteiger partial charge in [0.1, 0.15) is 0 Å². The van der Waals surface area contributed by atoms with Crippen molar-refractivity contribution in [2.75, 3.05) is 40.0 Å². The summed E-state index contributed by atoms with van der Waals surface area (Å²) in [6.45, 7) is 4.82. The molecule has 2 N–H and O–H groups in total. The number of rotatable bonds is 4. The summed E-state index contributed by atoms with van der Waals surface area (Å²) in [5, 5.41) is 0. The summed E-state index contributed by atoms with van der Waals surface area (Å²) >= 11 is 0. The van der Waals surface area contributed by atoms with Crippen molar-refractivity contribution in [3.05, 3.63) is 0 Å². The third-order valence-corrected chi connectivity index (χ3v) is 4.26. The Morgan fingerprint density at radius 1 is 1.35 bits per heavy atom.